The van der Waals surface area contributed by atoms with Crippen molar-refractivity contribution in [2.75, 3.05) is 12.4 Å². The van der Waals surface area contributed by atoms with Gasteiger partial charge in [-0.15, -0.1) is 0 Å². The highest BCUT2D eigenvalue weighted by atomic mass is 32.2. The van der Waals surface area contributed by atoms with Crippen molar-refractivity contribution in [2.45, 2.75) is 39.8 Å². The number of rotatable bonds is 7. The lowest BCUT2D eigenvalue weighted by Gasteiger charge is -2.21. The van der Waals surface area contributed by atoms with Gasteiger partial charge in [0.05, 0.1) is 17.6 Å². The fourth-order valence-electron chi connectivity index (χ4n) is 3.63. The molecule has 1 N–H and O–H groups in total. The van der Waals surface area contributed by atoms with Gasteiger partial charge in [0.25, 0.3) is 11.5 Å². The number of thioether (sulfide) groups is 1. The molecule has 3 heterocycles. The molecule has 1 aliphatic rings. The molecule has 4 rings (SSSR count). The molecule has 0 bridgehead atoms. The largest absolute Gasteiger partial charge is 0.497 e. The van der Waals surface area contributed by atoms with E-state index in [2.05, 4.69) is 5.32 Å². The Bertz CT molecular complexity index is 1350. The number of hydrogen-bond donors (Lipinski definition) is 1. The summed E-state index contributed by atoms with van der Waals surface area (Å²) in [5.41, 5.74) is 2.53. The lowest BCUT2D eigenvalue weighted by Crippen LogP contribution is -2.36. The number of hydrogen-bond acceptors (Lipinski definition) is 7. The Balaban J connectivity index is 1.76. The molecule has 1 fully saturated rings. The summed E-state index contributed by atoms with van der Waals surface area (Å²) >= 11 is 6.67. The van der Waals surface area contributed by atoms with Crippen LogP contribution in [-0.4, -0.2) is 37.7 Å². The van der Waals surface area contributed by atoms with Crippen LogP contribution in [0.5, 0.6) is 5.75 Å². The number of aromatic nitrogens is 2. The molecule has 1 aromatic carbocycles. The van der Waals surface area contributed by atoms with E-state index in [9.17, 15) is 9.59 Å². The third-order valence-corrected chi connectivity index (χ3v) is 7.09. The quantitative estimate of drug-likeness (QED) is 0.379. The molecular formula is C25H26N4O3S2. The topological polar surface area (TPSA) is 75.9 Å². The van der Waals surface area contributed by atoms with Gasteiger partial charge in [0.15, 0.2) is 0 Å². The van der Waals surface area contributed by atoms with E-state index >= 15 is 0 Å². The van der Waals surface area contributed by atoms with E-state index in [0.717, 1.165) is 23.3 Å². The van der Waals surface area contributed by atoms with Gasteiger partial charge in [0.2, 0.25) is 0 Å². The second-order valence-corrected chi connectivity index (χ2v) is 9.80. The summed E-state index contributed by atoms with van der Waals surface area (Å²) in [6.07, 6.45) is 4.15. The number of pyridine rings is 1. The van der Waals surface area contributed by atoms with Crippen LogP contribution in [0.25, 0.3) is 11.7 Å². The van der Waals surface area contributed by atoms with E-state index in [1.165, 1.54) is 16.2 Å². The summed E-state index contributed by atoms with van der Waals surface area (Å²) in [5.74, 6) is 1.00. The van der Waals surface area contributed by atoms with Crippen LogP contribution in [0.3, 0.4) is 0 Å². The summed E-state index contributed by atoms with van der Waals surface area (Å²) in [4.78, 5) is 33.3. The molecule has 176 valence electrons. The smallest absolute Gasteiger partial charge is 0.267 e. The fourth-order valence-corrected chi connectivity index (χ4v) is 5.07. The standard InChI is InChI=1S/C25H26N4O3S2/c1-5-16(3)29-24(31)20(34-25(29)33)12-19-22(26-13-17-7-9-18(32-4)10-8-17)27-21-11-6-15(2)14-28(21)23(19)30/h6-12,14,16,26H,5,13H2,1-4H3. The van der Waals surface area contributed by atoms with Gasteiger partial charge in [0, 0.05) is 18.8 Å². The molecule has 1 atom stereocenters. The van der Waals surface area contributed by atoms with Crippen LogP contribution in [0.2, 0.25) is 0 Å². The van der Waals surface area contributed by atoms with E-state index in [4.69, 9.17) is 21.9 Å². The number of aryl methyl sites for hydroxylation is 1. The molecule has 34 heavy (non-hydrogen) atoms. The third-order valence-electron chi connectivity index (χ3n) is 5.76. The number of anilines is 1. The van der Waals surface area contributed by atoms with Crippen molar-refractivity contribution in [3.8, 4) is 5.75 Å². The van der Waals surface area contributed by atoms with Gasteiger partial charge < -0.3 is 10.1 Å². The van der Waals surface area contributed by atoms with Crippen LogP contribution < -0.4 is 15.6 Å². The van der Waals surface area contributed by atoms with Crippen LogP contribution in [0.4, 0.5) is 5.82 Å². The molecule has 1 saturated heterocycles. The zero-order valence-electron chi connectivity index (χ0n) is 19.5. The normalized spacial score (nSPS) is 15.9. The summed E-state index contributed by atoms with van der Waals surface area (Å²) in [6.45, 7) is 6.34. The minimum Gasteiger partial charge on any atom is -0.497 e. The molecule has 0 saturated carbocycles. The van der Waals surface area contributed by atoms with Crippen molar-refractivity contribution in [1.82, 2.24) is 14.3 Å². The number of methoxy groups -OCH3 is 1. The van der Waals surface area contributed by atoms with E-state index < -0.39 is 0 Å². The lowest BCUT2D eigenvalue weighted by molar-refractivity contribution is -0.123. The zero-order chi connectivity index (χ0) is 24.4. The van der Waals surface area contributed by atoms with Crippen LogP contribution in [-0.2, 0) is 11.3 Å². The van der Waals surface area contributed by atoms with E-state index in [0.29, 0.717) is 32.8 Å². The number of ether oxygens (including phenoxy) is 1. The maximum Gasteiger partial charge on any atom is 0.267 e. The van der Waals surface area contributed by atoms with Crippen molar-refractivity contribution in [3.63, 3.8) is 0 Å². The SMILES string of the molecule is CCC(C)N1C(=O)C(=Cc2c(NCc3ccc(OC)cc3)nc3ccc(C)cn3c2=O)SC1=S. The first-order chi connectivity index (χ1) is 16.3. The lowest BCUT2D eigenvalue weighted by atomic mass is 10.2. The Kier molecular flexibility index (Phi) is 7.04. The number of amides is 1. The summed E-state index contributed by atoms with van der Waals surface area (Å²) in [5, 5.41) is 3.28. The number of thiocarbonyl (C=S) groups is 1. The van der Waals surface area contributed by atoms with Crippen LogP contribution in [0.1, 0.15) is 37.0 Å². The second-order valence-electron chi connectivity index (χ2n) is 8.12. The molecule has 7 nitrogen and oxygen atoms in total. The third kappa shape index (κ3) is 4.71. The molecule has 9 heteroatoms. The Morgan fingerprint density at radius 3 is 2.62 bits per heavy atom. The van der Waals surface area contributed by atoms with Gasteiger partial charge in [0.1, 0.15) is 21.5 Å². The van der Waals surface area contributed by atoms with Gasteiger partial charge in [-0.2, -0.15) is 0 Å². The van der Waals surface area contributed by atoms with Gasteiger partial charge in [-0.1, -0.05) is 49.1 Å². The molecule has 1 unspecified atom stereocenters. The number of fused-ring (bicyclic) bond motifs is 1. The number of carbonyl (C=O) groups excluding carboxylic acids is 1. The van der Waals surface area contributed by atoms with Crippen molar-refractivity contribution in [1.29, 1.82) is 0 Å². The van der Waals surface area contributed by atoms with Crippen molar-refractivity contribution in [2.24, 2.45) is 0 Å². The van der Waals surface area contributed by atoms with Crippen molar-refractivity contribution >= 4 is 51.7 Å². The highest BCUT2D eigenvalue weighted by molar-refractivity contribution is 8.26. The number of nitrogens with one attached hydrogen (secondary N) is 1. The van der Waals surface area contributed by atoms with Crippen molar-refractivity contribution in [3.05, 3.63) is 74.5 Å². The van der Waals surface area contributed by atoms with E-state index in [1.807, 2.05) is 57.2 Å². The Morgan fingerprint density at radius 2 is 1.94 bits per heavy atom. The molecule has 0 spiro atoms. The molecule has 1 aliphatic heterocycles. The first-order valence-corrected chi connectivity index (χ1v) is 12.2. The van der Waals surface area contributed by atoms with Gasteiger partial charge in [-0.3, -0.25) is 18.9 Å². The molecule has 0 aliphatic carbocycles. The van der Waals surface area contributed by atoms with Gasteiger partial charge in [-0.25, -0.2) is 4.98 Å². The fraction of sp³-hybridized carbons (Fsp3) is 0.280. The van der Waals surface area contributed by atoms with E-state index in [-0.39, 0.29) is 17.5 Å². The molecule has 3 aromatic rings. The van der Waals surface area contributed by atoms with Gasteiger partial charge >= 0.3 is 0 Å². The molecule has 1 amide bonds. The Hall–Kier alpha value is -3.17. The average Bonchev–Trinajstić information content (AvgIpc) is 3.12. The molecular weight excluding hydrogens is 468 g/mol. The minimum atomic E-state index is -0.250. The zero-order valence-corrected chi connectivity index (χ0v) is 21.1. The first-order valence-electron chi connectivity index (χ1n) is 11.0. The predicted molar refractivity (Wildman–Crippen MR) is 141 cm³/mol. The number of nitrogens with zero attached hydrogens (tertiary/aromatic N) is 3. The number of benzene rings is 1. The molecule has 0 radical (unpaired) electrons. The Morgan fingerprint density at radius 1 is 1.21 bits per heavy atom. The predicted octanol–water partition coefficient (Wildman–Crippen LogP) is 4.62. The maximum atomic E-state index is 13.5. The van der Waals surface area contributed by atoms with Crippen LogP contribution >= 0.6 is 24.0 Å². The maximum absolute atomic E-state index is 13.5. The summed E-state index contributed by atoms with van der Waals surface area (Å²) in [6, 6.07) is 11.4. The van der Waals surface area contributed by atoms with Crippen molar-refractivity contribution < 1.29 is 9.53 Å². The van der Waals surface area contributed by atoms with E-state index in [1.54, 1.807) is 24.3 Å². The monoisotopic (exact) mass is 494 g/mol. The number of carbonyl (C=O) groups is 1. The van der Waals surface area contributed by atoms with Crippen LogP contribution in [0.15, 0.2) is 52.3 Å². The van der Waals surface area contributed by atoms with Gasteiger partial charge in [-0.05, 0) is 55.7 Å². The highest BCUT2D eigenvalue weighted by Crippen LogP contribution is 2.35. The first kappa shape index (κ1) is 24.0. The summed E-state index contributed by atoms with van der Waals surface area (Å²) < 4.78 is 7.23. The average molecular weight is 495 g/mol. The summed E-state index contributed by atoms with van der Waals surface area (Å²) in [7, 11) is 1.62. The minimum absolute atomic E-state index is 0.00968. The highest BCUT2D eigenvalue weighted by Gasteiger charge is 2.35. The molecule has 2 aromatic heterocycles. The Labute approximate surface area is 207 Å². The second kappa shape index (κ2) is 9.99. The van der Waals surface area contributed by atoms with Crippen LogP contribution in [0, 0.1) is 6.92 Å².